The quantitative estimate of drug-likeness (QED) is 0.0671. The van der Waals surface area contributed by atoms with Crippen molar-refractivity contribution in [3.63, 3.8) is 0 Å². The van der Waals surface area contributed by atoms with E-state index in [0.717, 1.165) is 75.0 Å². The number of aromatic nitrogens is 14. The predicted molar refractivity (Wildman–Crippen MR) is 327 cm³/mol. The Kier molecular flexibility index (Phi) is 18.5. The fourth-order valence-electron chi connectivity index (χ4n) is 10.3. The second-order valence-corrected chi connectivity index (χ2v) is 21.2. The number of Topliss-reactive ketones (excluding diaryl/α,β-unsaturated/α-hetero) is 2. The van der Waals surface area contributed by atoms with E-state index in [1.807, 2.05) is 37.0 Å². The Morgan fingerprint density at radius 2 is 1.01 bits per heavy atom. The molecule has 27 heteroatoms. The second kappa shape index (κ2) is 26.9. The first-order valence-electron chi connectivity index (χ1n) is 28.3. The number of H-pyrrole nitrogens is 2. The minimum atomic E-state index is -1.54. The van der Waals surface area contributed by atoms with E-state index >= 15 is 0 Å². The number of pyridine rings is 2. The standard InChI is InChI=1S/C30H34N10O3.C17H25N5.C13H11N5O4/c1-20-33-19-40(34-20)29-27-25(24(43-4)17-32-29)22(16-31-27)28(41)30(42)38-13-11-37(12-14-38)23-18-39(15-10-36(2)3)35-26(23)21-8-6-5-7-9-21;1-20(2)12-13-22-14-16(21-10-8-18-9-11-21)17(19-22)15-6-4-3-5-7-15;1-6-16-5-18(17-6)12-10-9(8(22-2)4-15-12)7(3-14-10)11(19)13(20)21/h5-9,16-19,31H,10-15H2,1-4H3;3-7,14,18H,8-13H2,1-2H3;3-5,14H,1-2H3,(H,20,21). The number of fused-ring (bicyclic) bond motifs is 2. The molecular formula is C60H70N20O7. The highest BCUT2D eigenvalue weighted by molar-refractivity contribution is 6.45. The third kappa shape index (κ3) is 13.4. The monoisotopic (exact) mass is 1180 g/mol. The van der Waals surface area contributed by atoms with Crippen molar-refractivity contribution in [1.29, 1.82) is 0 Å². The van der Waals surface area contributed by atoms with E-state index < -0.39 is 23.4 Å². The maximum Gasteiger partial charge on any atom is 0.377 e. The van der Waals surface area contributed by atoms with Gasteiger partial charge in [0, 0.05) is 101 Å². The maximum absolute atomic E-state index is 13.6. The third-order valence-electron chi connectivity index (χ3n) is 14.8. The Morgan fingerprint density at radius 3 is 1.41 bits per heavy atom. The lowest BCUT2D eigenvalue weighted by molar-refractivity contribution is -0.131. The van der Waals surface area contributed by atoms with Crippen LogP contribution in [0.5, 0.6) is 11.5 Å². The number of anilines is 2. The number of nitrogens with one attached hydrogen (secondary N) is 3. The van der Waals surface area contributed by atoms with E-state index in [9.17, 15) is 19.2 Å². The van der Waals surface area contributed by atoms with Crippen molar-refractivity contribution in [1.82, 2.24) is 89.0 Å². The molecule has 0 bridgehead atoms. The summed E-state index contributed by atoms with van der Waals surface area (Å²) >= 11 is 0. The molecule has 87 heavy (non-hydrogen) atoms. The number of aryl methyl sites for hydroxylation is 2. The third-order valence-corrected chi connectivity index (χ3v) is 14.8. The SMILES string of the molecule is CN(C)CCn1cc(N2CCNCC2)c(-c2ccccc2)n1.COc1cnc(-n2cnc(C)n2)c2[nH]cc(C(=O)C(=O)N3CCN(c4cn(CCN(C)C)nc4-c4ccccc4)CC3)c12.COc1cnc(-n2cnc(C)n2)c2[nH]cc(C(=O)C(=O)O)c12. The molecule has 0 unspecified atom stereocenters. The zero-order valence-electron chi connectivity index (χ0n) is 49.9. The zero-order chi connectivity index (χ0) is 61.3. The molecule has 0 radical (unpaired) electrons. The number of ketones is 2. The highest BCUT2D eigenvalue weighted by Crippen LogP contribution is 2.35. The van der Waals surface area contributed by atoms with Crippen LogP contribution in [0.4, 0.5) is 11.4 Å². The van der Waals surface area contributed by atoms with Crippen molar-refractivity contribution in [2.75, 3.05) is 118 Å². The number of carboxylic acid groups (broad SMARTS) is 1. The van der Waals surface area contributed by atoms with Crippen molar-refractivity contribution in [2.45, 2.75) is 26.9 Å². The summed E-state index contributed by atoms with van der Waals surface area (Å²) in [5.74, 6) is -1.07. The summed E-state index contributed by atoms with van der Waals surface area (Å²) in [5.41, 5.74) is 7.72. The Bertz CT molecular complexity index is 4010. The number of methoxy groups -OCH3 is 2. The van der Waals surface area contributed by atoms with Crippen LogP contribution < -0.4 is 24.6 Å². The van der Waals surface area contributed by atoms with Gasteiger partial charge in [0.15, 0.2) is 11.6 Å². The number of aromatic amines is 2. The van der Waals surface area contributed by atoms with Gasteiger partial charge in [-0.1, -0.05) is 60.7 Å². The summed E-state index contributed by atoms with van der Waals surface area (Å²) in [6, 6.07) is 20.6. The van der Waals surface area contributed by atoms with Gasteiger partial charge in [0.2, 0.25) is 0 Å². The molecule has 0 aliphatic carbocycles. The van der Waals surface area contributed by atoms with Gasteiger partial charge >= 0.3 is 5.97 Å². The summed E-state index contributed by atoms with van der Waals surface area (Å²) in [6.45, 7) is 13.2. The van der Waals surface area contributed by atoms with Crippen LogP contribution in [0.3, 0.4) is 0 Å². The van der Waals surface area contributed by atoms with Gasteiger partial charge in [-0.3, -0.25) is 23.7 Å². The first-order valence-corrected chi connectivity index (χ1v) is 28.3. The van der Waals surface area contributed by atoms with Crippen LogP contribution in [0.15, 0.2) is 110 Å². The van der Waals surface area contributed by atoms with Gasteiger partial charge < -0.3 is 54.4 Å². The molecule has 4 N–H and O–H groups in total. The molecule has 2 aromatic carbocycles. The minimum absolute atomic E-state index is 0.000151. The number of amides is 1. The number of aliphatic carboxylic acids is 1. The van der Waals surface area contributed by atoms with E-state index in [2.05, 4.69) is 139 Å². The summed E-state index contributed by atoms with van der Waals surface area (Å²) in [5, 5.41) is 31.4. The molecule has 0 saturated carbocycles. The number of hydrogen-bond acceptors (Lipinski definition) is 19. The van der Waals surface area contributed by atoms with Crippen LogP contribution in [0.25, 0.3) is 56.0 Å². The van der Waals surface area contributed by atoms with Crippen LogP contribution in [-0.2, 0) is 22.7 Å². The van der Waals surface area contributed by atoms with E-state index in [-0.39, 0.29) is 11.1 Å². The molecule has 10 heterocycles. The molecule has 2 aliphatic heterocycles. The summed E-state index contributed by atoms with van der Waals surface area (Å²) < 4.78 is 17.7. The van der Waals surface area contributed by atoms with Crippen molar-refractivity contribution in [2.24, 2.45) is 0 Å². The van der Waals surface area contributed by atoms with Crippen LogP contribution >= 0.6 is 0 Å². The Balaban J connectivity index is 0.000000160. The maximum atomic E-state index is 13.6. The molecular weight excluding hydrogens is 1110 g/mol. The number of likely N-dealkylation sites (N-methyl/N-ethyl adjacent to an activating group) is 2. The first-order chi connectivity index (χ1) is 42.1. The van der Waals surface area contributed by atoms with Gasteiger partial charge in [0.1, 0.15) is 47.2 Å². The lowest BCUT2D eigenvalue weighted by Crippen LogP contribution is -2.50. The van der Waals surface area contributed by atoms with E-state index in [1.165, 1.54) is 65.9 Å². The van der Waals surface area contributed by atoms with Crippen molar-refractivity contribution < 1.29 is 33.8 Å². The molecule has 12 rings (SSSR count). The number of piperazine rings is 2. The molecule has 10 aromatic rings. The number of nitrogens with zero attached hydrogens (tertiary/aromatic N) is 17. The van der Waals surface area contributed by atoms with Crippen LogP contribution in [-0.4, -0.2) is 220 Å². The molecule has 2 saturated heterocycles. The topological polar surface area (TPSA) is 290 Å². The molecule has 0 atom stereocenters. The smallest absolute Gasteiger partial charge is 0.377 e. The first kappa shape index (κ1) is 60.0. The van der Waals surface area contributed by atoms with Gasteiger partial charge in [-0.15, -0.1) is 0 Å². The molecule has 27 nitrogen and oxygen atoms in total. The average molecular weight is 1180 g/mol. The van der Waals surface area contributed by atoms with Gasteiger partial charge in [-0.05, 0) is 42.0 Å². The number of rotatable bonds is 18. The van der Waals surface area contributed by atoms with Crippen molar-refractivity contribution in [3.8, 4) is 45.6 Å². The number of carbonyl (C=O) groups is 4. The summed E-state index contributed by atoms with van der Waals surface area (Å²) in [4.78, 5) is 83.3. The van der Waals surface area contributed by atoms with Crippen LogP contribution in [0.1, 0.15) is 32.4 Å². The predicted octanol–water partition coefficient (Wildman–Crippen LogP) is 4.67. The van der Waals surface area contributed by atoms with E-state index in [4.69, 9.17) is 24.8 Å². The highest BCUT2D eigenvalue weighted by atomic mass is 16.5. The molecule has 2 fully saturated rings. The molecule has 8 aromatic heterocycles. The lowest BCUT2D eigenvalue weighted by atomic mass is 10.1. The number of hydrogen-bond donors (Lipinski definition) is 4. The van der Waals surface area contributed by atoms with Crippen molar-refractivity contribution >= 4 is 56.6 Å². The number of benzene rings is 2. The number of carboxylic acids is 1. The van der Waals surface area contributed by atoms with Crippen LogP contribution in [0, 0.1) is 13.8 Å². The van der Waals surface area contributed by atoms with Gasteiger partial charge in [0.25, 0.3) is 17.5 Å². The highest BCUT2D eigenvalue weighted by Gasteiger charge is 2.32. The van der Waals surface area contributed by atoms with Crippen molar-refractivity contribution in [3.05, 3.63) is 133 Å². The summed E-state index contributed by atoms with van der Waals surface area (Å²) in [6.07, 6.45) is 13.1. The number of carbonyl (C=O) groups excluding carboxylic acids is 3. The van der Waals surface area contributed by atoms with Crippen LogP contribution in [0.2, 0.25) is 0 Å². The van der Waals surface area contributed by atoms with E-state index in [1.54, 1.807) is 25.1 Å². The molecule has 0 spiro atoms. The summed E-state index contributed by atoms with van der Waals surface area (Å²) in [7, 11) is 11.2. The molecule has 2 aliphatic rings. The minimum Gasteiger partial charge on any atom is -0.494 e. The normalized spacial score (nSPS) is 13.4. The fraction of sp³-hybridized carbons (Fsp3) is 0.333. The molecule has 452 valence electrons. The Labute approximate surface area is 501 Å². The molecule has 1 amide bonds. The fourth-order valence-corrected chi connectivity index (χ4v) is 10.3. The van der Waals surface area contributed by atoms with Gasteiger partial charge in [0.05, 0.1) is 84.0 Å². The lowest BCUT2D eigenvalue weighted by Gasteiger charge is -2.35. The Hall–Kier alpha value is -10.1. The largest absolute Gasteiger partial charge is 0.494 e. The zero-order valence-corrected chi connectivity index (χ0v) is 49.9. The van der Waals surface area contributed by atoms with Gasteiger partial charge in [-0.25, -0.2) is 34.1 Å². The van der Waals surface area contributed by atoms with E-state index in [0.29, 0.717) is 82.8 Å². The Morgan fingerprint density at radius 1 is 0.575 bits per heavy atom. The van der Waals surface area contributed by atoms with Gasteiger partial charge in [-0.2, -0.15) is 20.4 Å². The second-order valence-electron chi connectivity index (χ2n) is 21.2. The number of ether oxygens (including phenoxy) is 2. The average Bonchev–Trinajstić information content (AvgIpc) is 2.01.